The quantitative estimate of drug-likeness (QED) is 0.630. The Balaban J connectivity index is 1.67. The average Bonchev–Trinajstić information content (AvgIpc) is 2.61. The van der Waals surface area contributed by atoms with Gasteiger partial charge in [0.15, 0.2) is 0 Å². The number of aliphatic hydroxyl groups is 3. The summed E-state index contributed by atoms with van der Waals surface area (Å²) in [6, 6.07) is 9.21. The molecule has 2 aromatic rings. The lowest BCUT2D eigenvalue weighted by molar-refractivity contribution is -0.152. The maximum atomic E-state index is 10.1. The van der Waals surface area contributed by atoms with E-state index < -0.39 is 24.4 Å². The van der Waals surface area contributed by atoms with Crippen LogP contribution < -0.4 is 5.32 Å². The van der Waals surface area contributed by atoms with Crippen molar-refractivity contribution in [3.63, 3.8) is 0 Å². The zero-order valence-corrected chi connectivity index (χ0v) is 12.4. The number of benzene rings is 1. The summed E-state index contributed by atoms with van der Waals surface area (Å²) >= 11 is 0. The molecule has 7 heteroatoms. The van der Waals surface area contributed by atoms with Gasteiger partial charge in [0, 0.05) is 18.0 Å². The third-order valence-corrected chi connectivity index (χ3v) is 3.89. The summed E-state index contributed by atoms with van der Waals surface area (Å²) in [5.41, 5.74) is 1.90. The van der Waals surface area contributed by atoms with Gasteiger partial charge in [-0.05, 0) is 5.56 Å². The lowest BCUT2D eigenvalue weighted by Crippen LogP contribution is -2.56. The van der Waals surface area contributed by atoms with Gasteiger partial charge in [-0.3, -0.25) is 0 Å². The Hall–Kier alpha value is -2.06. The molecule has 3 rings (SSSR count). The largest absolute Gasteiger partial charge is 0.394 e. The number of ether oxygens (including phenoxy) is 1. The molecule has 4 atom stereocenters. The van der Waals surface area contributed by atoms with E-state index in [2.05, 4.69) is 15.3 Å². The molecule has 23 heavy (non-hydrogen) atoms. The number of hydrogen-bond donors (Lipinski definition) is 4. The normalized spacial score (nSPS) is 27.6. The Labute approximate surface area is 133 Å². The number of nitrogens with zero attached hydrogens (tertiary/aromatic N) is 2. The molecule has 4 N–H and O–H groups in total. The van der Waals surface area contributed by atoms with E-state index in [-0.39, 0.29) is 13.2 Å². The minimum atomic E-state index is -1.16. The second-order valence-corrected chi connectivity index (χ2v) is 5.45. The summed E-state index contributed by atoms with van der Waals surface area (Å²) in [6.07, 6.45) is 0.374. The van der Waals surface area contributed by atoms with E-state index in [0.717, 1.165) is 11.1 Å². The molecule has 0 amide bonds. The first-order chi connectivity index (χ1) is 11.2. The van der Waals surface area contributed by atoms with Crippen LogP contribution in [0.1, 0.15) is 0 Å². The van der Waals surface area contributed by atoms with Gasteiger partial charge in [0.05, 0.1) is 19.3 Å². The zero-order valence-electron chi connectivity index (χ0n) is 12.4. The van der Waals surface area contributed by atoms with E-state index >= 15 is 0 Å². The SMILES string of the molecule is OC[C@H]1OC[C@H](Nc2ncc(-c3ccccc3)cn2)[C@@H](O)[C@H]1O. The van der Waals surface area contributed by atoms with Crippen LogP contribution in [0.15, 0.2) is 42.7 Å². The first-order valence-electron chi connectivity index (χ1n) is 7.41. The average molecular weight is 317 g/mol. The zero-order chi connectivity index (χ0) is 16.2. The third kappa shape index (κ3) is 3.48. The first kappa shape index (κ1) is 15.8. The lowest BCUT2D eigenvalue weighted by Gasteiger charge is -2.37. The van der Waals surface area contributed by atoms with Crippen molar-refractivity contribution in [1.29, 1.82) is 0 Å². The lowest BCUT2D eigenvalue weighted by atomic mass is 9.98. The van der Waals surface area contributed by atoms with Crippen LogP contribution in [0.4, 0.5) is 5.95 Å². The van der Waals surface area contributed by atoms with Gasteiger partial charge >= 0.3 is 0 Å². The smallest absolute Gasteiger partial charge is 0.223 e. The Morgan fingerprint density at radius 2 is 1.74 bits per heavy atom. The number of rotatable bonds is 4. The van der Waals surface area contributed by atoms with Crippen molar-refractivity contribution in [2.75, 3.05) is 18.5 Å². The molecular formula is C16H19N3O4. The van der Waals surface area contributed by atoms with Crippen molar-refractivity contribution < 1.29 is 20.1 Å². The molecule has 7 nitrogen and oxygen atoms in total. The molecule has 1 saturated heterocycles. The fraction of sp³-hybridized carbons (Fsp3) is 0.375. The molecule has 0 spiro atoms. The highest BCUT2D eigenvalue weighted by atomic mass is 16.5. The summed E-state index contributed by atoms with van der Waals surface area (Å²) < 4.78 is 5.31. The second-order valence-electron chi connectivity index (χ2n) is 5.45. The fourth-order valence-electron chi connectivity index (χ4n) is 2.52. The number of anilines is 1. The molecule has 1 fully saturated rings. The van der Waals surface area contributed by atoms with Crippen molar-refractivity contribution in [2.24, 2.45) is 0 Å². The number of nitrogens with one attached hydrogen (secondary N) is 1. The molecule has 2 heterocycles. The van der Waals surface area contributed by atoms with Gasteiger partial charge in [-0.2, -0.15) is 0 Å². The maximum absolute atomic E-state index is 10.1. The Bertz CT molecular complexity index is 623. The molecule has 0 bridgehead atoms. The minimum Gasteiger partial charge on any atom is -0.394 e. The highest BCUT2D eigenvalue weighted by molar-refractivity contribution is 5.61. The van der Waals surface area contributed by atoms with E-state index in [1.807, 2.05) is 30.3 Å². The van der Waals surface area contributed by atoms with Gasteiger partial charge in [0.25, 0.3) is 0 Å². The minimum absolute atomic E-state index is 0.146. The van der Waals surface area contributed by atoms with Crippen LogP contribution in [-0.4, -0.2) is 62.9 Å². The number of hydrogen-bond acceptors (Lipinski definition) is 7. The van der Waals surface area contributed by atoms with Gasteiger partial charge in [-0.15, -0.1) is 0 Å². The Kier molecular flexibility index (Phi) is 4.82. The van der Waals surface area contributed by atoms with Gasteiger partial charge in [0.1, 0.15) is 18.3 Å². The molecule has 1 aromatic carbocycles. The predicted octanol–water partition coefficient (Wildman–Crippen LogP) is 0.0370. The Morgan fingerprint density at radius 3 is 2.39 bits per heavy atom. The summed E-state index contributed by atoms with van der Waals surface area (Å²) in [4.78, 5) is 8.46. The monoisotopic (exact) mass is 317 g/mol. The molecular weight excluding hydrogens is 298 g/mol. The summed E-state index contributed by atoms with van der Waals surface area (Å²) in [5.74, 6) is 0.340. The van der Waals surface area contributed by atoms with Crippen LogP contribution in [-0.2, 0) is 4.74 Å². The van der Waals surface area contributed by atoms with Crippen molar-refractivity contribution in [3.05, 3.63) is 42.7 Å². The van der Waals surface area contributed by atoms with Crippen molar-refractivity contribution in [2.45, 2.75) is 24.4 Å². The van der Waals surface area contributed by atoms with Crippen LogP contribution >= 0.6 is 0 Å². The maximum Gasteiger partial charge on any atom is 0.223 e. The first-order valence-corrected chi connectivity index (χ1v) is 7.41. The summed E-state index contributed by atoms with van der Waals surface area (Å²) in [6.45, 7) is -0.194. The highest BCUT2D eigenvalue weighted by Gasteiger charge is 2.38. The fourth-order valence-corrected chi connectivity index (χ4v) is 2.52. The van der Waals surface area contributed by atoms with E-state index in [9.17, 15) is 10.2 Å². The van der Waals surface area contributed by atoms with E-state index in [1.54, 1.807) is 12.4 Å². The molecule has 0 radical (unpaired) electrons. The van der Waals surface area contributed by atoms with Crippen LogP contribution in [0.5, 0.6) is 0 Å². The van der Waals surface area contributed by atoms with Crippen LogP contribution in [0.2, 0.25) is 0 Å². The number of aromatic nitrogens is 2. The summed E-state index contributed by atoms with van der Waals surface area (Å²) in [5, 5.41) is 31.9. The topological polar surface area (TPSA) is 108 Å². The molecule has 1 aliphatic rings. The summed E-state index contributed by atoms with van der Waals surface area (Å²) in [7, 11) is 0. The molecule has 0 unspecified atom stereocenters. The van der Waals surface area contributed by atoms with Crippen LogP contribution in [0, 0.1) is 0 Å². The van der Waals surface area contributed by atoms with Gasteiger partial charge in [-0.1, -0.05) is 30.3 Å². The molecule has 1 aromatic heterocycles. The molecule has 0 aliphatic carbocycles. The predicted molar refractivity (Wildman–Crippen MR) is 83.7 cm³/mol. The molecule has 0 saturated carbocycles. The van der Waals surface area contributed by atoms with E-state index in [1.165, 1.54) is 0 Å². The van der Waals surface area contributed by atoms with Crippen molar-refractivity contribution in [3.8, 4) is 11.1 Å². The highest BCUT2D eigenvalue weighted by Crippen LogP contribution is 2.20. The Morgan fingerprint density at radius 1 is 1.04 bits per heavy atom. The van der Waals surface area contributed by atoms with Crippen molar-refractivity contribution >= 4 is 5.95 Å². The molecule has 122 valence electrons. The van der Waals surface area contributed by atoms with E-state index in [4.69, 9.17) is 9.84 Å². The third-order valence-electron chi connectivity index (χ3n) is 3.89. The molecule has 1 aliphatic heterocycles. The van der Waals surface area contributed by atoms with Gasteiger partial charge in [-0.25, -0.2) is 9.97 Å². The second kappa shape index (κ2) is 7.01. The van der Waals surface area contributed by atoms with Crippen molar-refractivity contribution in [1.82, 2.24) is 9.97 Å². The van der Waals surface area contributed by atoms with E-state index in [0.29, 0.717) is 5.95 Å². The van der Waals surface area contributed by atoms with Crippen LogP contribution in [0.25, 0.3) is 11.1 Å². The van der Waals surface area contributed by atoms with Crippen LogP contribution in [0.3, 0.4) is 0 Å². The van der Waals surface area contributed by atoms with Gasteiger partial charge < -0.3 is 25.4 Å². The number of aliphatic hydroxyl groups excluding tert-OH is 3. The van der Waals surface area contributed by atoms with Gasteiger partial charge in [0.2, 0.25) is 5.95 Å². The standard InChI is InChI=1S/C16H19N3O4/c20-8-13-15(22)14(21)12(9-23-13)19-16-17-6-11(7-18-16)10-4-2-1-3-5-10/h1-7,12-15,20-22H,8-9H2,(H,17,18,19)/t12-,13+,14+,15-/m0/s1.